The summed E-state index contributed by atoms with van der Waals surface area (Å²) in [7, 11) is 2.80. The predicted molar refractivity (Wildman–Crippen MR) is 56.4 cm³/mol. The van der Waals surface area contributed by atoms with Crippen LogP contribution < -0.4 is 10.5 Å². The average Bonchev–Trinajstić information content (AvgIpc) is 2.18. The fourth-order valence-electron chi connectivity index (χ4n) is 1.05. The normalized spacial score (nSPS) is 9.64. The van der Waals surface area contributed by atoms with Gasteiger partial charge in [-0.1, -0.05) is 0 Å². The van der Waals surface area contributed by atoms with E-state index in [1.165, 1.54) is 14.2 Å². The highest BCUT2D eigenvalue weighted by molar-refractivity contribution is 9.10. The molecule has 0 unspecified atom stereocenters. The lowest BCUT2D eigenvalue weighted by molar-refractivity contribution is 0.0599. The van der Waals surface area contributed by atoms with Gasteiger partial charge in [0.05, 0.1) is 29.9 Å². The fraction of sp³-hybridized carbons (Fsp3) is 0.222. The summed E-state index contributed by atoms with van der Waals surface area (Å²) in [6, 6.07) is 3.17. The van der Waals surface area contributed by atoms with Gasteiger partial charge in [-0.2, -0.15) is 0 Å². The maximum absolute atomic E-state index is 11.3. The Balaban J connectivity index is 3.28. The van der Waals surface area contributed by atoms with E-state index in [0.29, 0.717) is 21.5 Å². The number of carbonyl (C=O) groups is 1. The van der Waals surface area contributed by atoms with Crippen molar-refractivity contribution >= 4 is 27.6 Å². The number of rotatable bonds is 2. The smallest absolute Gasteiger partial charge is 0.339 e. The number of hydrogen-bond donors (Lipinski definition) is 1. The number of anilines is 1. The highest BCUT2D eigenvalue weighted by atomic mass is 79.9. The number of benzene rings is 1. The number of carbonyl (C=O) groups excluding carboxylic acids is 1. The van der Waals surface area contributed by atoms with Crippen LogP contribution in [-0.4, -0.2) is 20.2 Å². The molecule has 2 N–H and O–H groups in total. The Bertz CT molecular complexity index is 365. The van der Waals surface area contributed by atoms with Crippen molar-refractivity contribution in [1.29, 1.82) is 0 Å². The highest BCUT2D eigenvalue weighted by Gasteiger charge is 2.15. The van der Waals surface area contributed by atoms with Gasteiger partial charge in [0.15, 0.2) is 5.75 Å². The van der Waals surface area contributed by atoms with Crippen LogP contribution in [0.3, 0.4) is 0 Å². The second-order valence-corrected chi connectivity index (χ2v) is 3.33. The highest BCUT2D eigenvalue weighted by Crippen LogP contribution is 2.34. The van der Waals surface area contributed by atoms with E-state index < -0.39 is 5.97 Å². The first-order valence-electron chi connectivity index (χ1n) is 3.82. The van der Waals surface area contributed by atoms with Crippen LogP contribution in [0.15, 0.2) is 16.6 Å². The van der Waals surface area contributed by atoms with Crippen molar-refractivity contribution in [3.05, 3.63) is 22.2 Å². The van der Waals surface area contributed by atoms with E-state index in [4.69, 9.17) is 10.5 Å². The largest absolute Gasteiger partial charge is 0.493 e. The van der Waals surface area contributed by atoms with Crippen LogP contribution in [0.1, 0.15) is 10.4 Å². The number of esters is 1. The molecule has 0 aliphatic heterocycles. The van der Waals surface area contributed by atoms with Gasteiger partial charge in [0.2, 0.25) is 0 Å². The molecule has 0 aliphatic carbocycles. The Labute approximate surface area is 90.1 Å². The summed E-state index contributed by atoms with van der Waals surface area (Å²) in [5.74, 6) is 0.00285. The van der Waals surface area contributed by atoms with E-state index in [9.17, 15) is 4.79 Å². The van der Waals surface area contributed by atoms with Gasteiger partial charge in [0.25, 0.3) is 0 Å². The summed E-state index contributed by atoms with van der Waals surface area (Å²) < 4.78 is 10.1. The third kappa shape index (κ3) is 1.82. The average molecular weight is 260 g/mol. The molecule has 0 radical (unpaired) electrons. The van der Waals surface area contributed by atoms with Gasteiger partial charge in [0, 0.05) is 0 Å². The summed E-state index contributed by atoms with van der Waals surface area (Å²) in [5.41, 5.74) is 6.49. The molecule has 4 nitrogen and oxygen atoms in total. The molecule has 0 aliphatic rings. The maximum Gasteiger partial charge on any atom is 0.339 e. The number of methoxy groups -OCH3 is 2. The molecule has 0 atom stereocenters. The molecule has 1 aromatic carbocycles. The van der Waals surface area contributed by atoms with Gasteiger partial charge >= 0.3 is 5.97 Å². The van der Waals surface area contributed by atoms with Gasteiger partial charge < -0.3 is 15.2 Å². The Morgan fingerprint density at radius 2 is 2.07 bits per heavy atom. The van der Waals surface area contributed by atoms with E-state index in [2.05, 4.69) is 20.7 Å². The first-order valence-corrected chi connectivity index (χ1v) is 4.61. The molecule has 5 heteroatoms. The molecule has 76 valence electrons. The SMILES string of the molecule is COC(=O)c1ccc(N)c(OC)c1Br. The predicted octanol–water partition coefficient (Wildman–Crippen LogP) is 1.83. The number of nitrogens with two attached hydrogens (primary N) is 1. The fourth-order valence-corrected chi connectivity index (χ4v) is 1.73. The lowest BCUT2D eigenvalue weighted by Crippen LogP contribution is -2.04. The van der Waals surface area contributed by atoms with Crippen molar-refractivity contribution in [2.24, 2.45) is 0 Å². The van der Waals surface area contributed by atoms with Crippen molar-refractivity contribution in [3.63, 3.8) is 0 Å². The zero-order chi connectivity index (χ0) is 10.7. The lowest BCUT2D eigenvalue weighted by atomic mass is 10.2. The van der Waals surface area contributed by atoms with Crippen LogP contribution in [0.4, 0.5) is 5.69 Å². The van der Waals surface area contributed by atoms with E-state index in [1.807, 2.05) is 0 Å². The van der Waals surface area contributed by atoms with Crippen molar-refractivity contribution < 1.29 is 14.3 Å². The molecule has 0 saturated heterocycles. The topological polar surface area (TPSA) is 61.5 Å². The minimum atomic E-state index is -0.435. The molecule has 0 saturated carbocycles. The summed E-state index contributed by atoms with van der Waals surface area (Å²) in [6.07, 6.45) is 0. The van der Waals surface area contributed by atoms with Crippen molar-refractivity contribution in [3.8, 4) is 5.75 Å². The maximum atomic E-state index is 11.3. The minimum absolute atomic E-state index is 0.388. The Hall–Kier alpha value is -1.23. The molecule has 0 aromatic heterocycles. The molecule has 0 fully saturated rings. The van der Waals surface area contributed by atoms with Gasteiger partial charge in [-0.3, -0.25) is 0 Å². The summed E-state index contributed by atoms with van der Waals surface area (Å²) in [6.45, 7) is 0. The van der Waals surface area contributed by atoms with Gasteiger partial charge in [-0.05, 0) is 28.1 Å². The number of ether oxygens (including phenoxy) is 2. The van der Waals surface area contributed by atoms with E-state index >= 15 is 0 Å². The lowest BCUT2D eigenvalue weighted by Gasteiger charge is -2.09. The summed E-state index contributed by atoms with van der Waals surface area (Å²) in [5, 5.41) is 0. The molecule has 0 amide bonds. The van der Waals surface area contributed by atoms with Crippen LogP contribution in [0.25, 0.3) is 0 Å². The Morgan fingerprint density at radius 3 is 2.57 bits per heavy atom. The third-order valence-electron chi connectivity index (χ3n) is 1.74. The number of hydrogen-bond acceptors (Lipinski definition) is 4. The second-order valence-electron chi connectivity index (χ2n) is 2.54. The van der Waals surface area contributed by atoms with Crippen LogP contribution in [0.5, 0.6) is 5.75 Å². The zero-order valence-corrected chi connectivity index (χ0v) is 9.42. The molecule has 0 bridgehead atoms. The second kappa shape index (κ2) is 4.32. The van der Waals surface area contributed by atoms with Crippen molar-refractivity contribution in [2.45, 2.75) is 0 Å². The van der Waals surface area contributed by atoms with Gasteiger partial charge in [-0.15, -0.1) is 0 Å². The van der Waals surface area contributed by atoms with Gasteiger partial charge in [0.1, 0.15) is 0 Å². The van der Waals surface area contributed by atoms with Crippen LogP contribution in [-0.2, 0) is 4.74 Å². The Morgan fingerprint density at radius 1 is 1.43 bits per heavy atom. The zero-order valence-electron chi connectivity index (χ0n) is 7.83. The Kier molecular flexibility index (Phi) is 3.35. The molecule has 0 spiro atoms. The van der Waals surface area contributed by atoms with Crippen LogP contribution in [0.2, 0.25) is 0 Å². The van der Waals surface area contributed by atoms with Crippen LogP contribution in [0, 0.1) is 0 Å². The van der Waals surface area contributed by atoms with Crippen LogP contribution >= 0.6 is 15.9 Å². The van der Waals surface area contributed by atoms with E-state index in [1.54, 1.807) is 12.1 Å². The molecule has 14 heavy (non-hydrogen) atoms. The number of nitrogen functional groups attached to an aromatic ring is 1. The van der Waals surface area contributed by atoms with Gasteiger partial charge in [-0.25, -0.2) is 4.79 Å². The standard InChI is InChI=1S/C9H10BrNO3/c1-13-8-6(11)4-3-5(7(8)10)9(12)14-2/h3-4H,11H2,1-2H3. The van der Waals surface area contributed by atoms with E-state index in [-0.39, 0.29) is 0 Å². The summed E-state index contributed by atoms with van der Waals surface area (Å²) in [4.78, 5) is 11.3. The monoisotopic (exact) mass is 259 g/mol. The first kappa shape index (κ1) is 10.8. The number of halogens is 1. The molecule has 1 rings (SSSR count). The first-order chi connectivity index (χ1) is 6.61. The molecule has 0 heterocycles. The molecular formula is C9H10BrNO3. The van der Waals surface area contributed by atoms with Crippen molar-refractivity contribution in [2.75, 3.05) is 20.0 Å². The minimum Gasteiger partial charge on any atom is -0.493 e. The third-order valence-corrected chi connectivity index (χ3v) is 2.52. The molecule has 1 aromatic rings. The van der Waals surface area contributed by atoms with Crippen molar-refractivity contribution in [1.82, 2.24) is 0 Å². The molecular weight excluding hydrogens is 250 g/mol. The van der Waals surface area contributed by atoms with E-state index in [0.717, 1.165) is 0 Å². The quantitative estimate of drug-likeness (QED) is 0.650. The summed E-state index contributed by atoms with van der Waals surface area (Å²) >= 11 is 3.23.